The summed E-state index contributed by atoms with van der Waals surface area (Å²) >= 11 is 0. The van der Waals surface area contributed by atoms with E-state index in [2.05, 4.69) is 67.4 Å². The normalized spacial score (nSPS) is 11.4. The van der Waals surface area contributed by atoms with Gasteiger partial charge in [0.15, 0.2) is 5.52 Å². The number of hydrogen-bond acceptors (Lipinski definition) is 8. The van der Waals surface area contributed by atoms with Crippen molar-refractivity contribution in [2.45, 2.75) is 40.2 Å². The summed E-state index contributed by atoms with van der Waals surface area (Å²) < 4.78 is 13.8. The van der Waals surface area contributed by atoms with Crippen molar-refractivity contribution < 1.29 is 9.47 Å². The number of aromatic amines is 1. The van der Waals surface area contributed by atoms with Crippen LogP contribution >= 0.6 is 0 Å². The summed E-state index contributed by atoms with van der Waals surface area (Å²) in [6, 6.07) is 16.4. The fourth-order valence-electron chi connectivity index (χ4n) is 4.37. The number of rotatable bonds is 9. The molecule has 0 spiro atoms. The average Bonchev–Trinajstić information content (AvgIpc) is 3.55. The number of benzene rings is 2. The Morgan fingerprint density at radius 2 is 1.50 bits per heavy atom. The van der Waals surface area contributed by atoms with Crippen LogP contribution in [0.4, 0.5) is 0 Å². The quantitative estimate of drug-likeness (QED) is 0.322. The Labute approximate surface area is 208 Å². The number of aromatic nitrogens is 8. The molecule has 0 unspecified atom stereocenters. The van der Waals surface area contributed by atoms with Crippen LogP contribution in [0.2, 0.25) is 0 Å². The van der Waals surface area contributed by atoms with Crippen molar-refractivity contribution >= 4 is 11.0 Å². The number of fused-ring (bicyclic) bond motifs is 1. The molecule has 0 aliphatic carbocycles. The number of nitrogens with one attached hydrogen (secondary N) is 1. The second-order valence-electron chi connectivity index (χ2n) is 8.52. The molecule has 36 heavy (non-hydrogen) atoms. The van der Waals surface area contributed by atoms with E-state index in [1.54, 1.807) is 0 Å². The molecule has 0 amide bonds. The van der Waals surface area contributed by atoms with Gasteiger partial charge in [0.2, 0.25) is 5.82 Å². The van der Waals surface area contributed by atoms with Crippen LogP contribution in [0.5, 0.6) is 11.8 Å². The average molecular weight is 485 g/mol. The zero-order valence-electron chi connectivity index (χ0n) is 20.8. The van der Waals surface area contributed by atoms with E-state index in [4.69, 9.17) is 14.5 Å². The molecule has 5 aromatic rings. The van der Waals surface area contributed by atoms with Crippen LogP contribution in [0.25, 0.3) is 33.5 Å². The van der Waals surface area contributed by atoms with E-state index in [0.717, 1.165) is 33.6 Å². The third-order valence-corrected chi connectivity index (χ3v) is 5.86. The predicted octanol–water partition coefficient (Wildman–Crippen LogP) is 4.64. The Bertz CT molecular complexity index is 1480. The molecule has 5 rings (SSSR count). The van der Waals surface area contributed by atoms with Gasteiger partial charge in [-0.1, -0.05) is 62.4 Å². The Morgan fingerprint density at radius 1 is 0.833 bits per heavy atom. The Hall–Kier alpha value is -4.34. The third-order valence-electron chi connectivity index (χ3n) is 5.86. The lowest BCUT2D eigenvalue weighted by Crippen LogP contribution is -2.09. The zero-order valence-corrected chi connectivity index (χ0v) is 20.8. The zero-order chi connectivity index (χ0) is 25.1. The Kier molecular flexibility index (Phi) is 6.57. The molecule has 10 heteroatoms. The fourth-order valence-corrected chi connectivity index (χ4v) is 4.37. The van der Waals surface area contributed by atoms with E-state index in [1.807, 2.05) is 44.2 Å². The van der Waals surface area contributed by atoms with Crippen LogP contribution in [0, 0.1) is 0 Å². The monoisotopic (exact) mass is 484 g/mol. The first-order valence-corrected chi connectivity index (χ1v) is 12.1. The lowest BCUT2D eigenvalue weighted by molar-refractivity contribution is 0.308. The first kappa shape index (κ1) is 23.4. The number of imidazole rings is 1. The molecule has 0 atom stereocenters. The topological polar surface area (TPSA) is 117 Å². The molecule has 0 saturated carbocycles. The summed E-state index contributed by atoms with van der Waals surface area (Å²) in [4.78, 5) is 4.95. The van der Waals surface area contributed by atoms with Gasteiger partial charge < -0.3 is 14.0 Å². The fraction of sp³-hybridized carbons (Fsp3) is 0.308. The molecule has 0 bridgehead atoms. The number of nitrogens with zero attached hydrogens (tertiary/aromatic N) is 7. The molecule has 0 aliphatic heterocycles. The Balaban J connectivity index is 1.70. The van der Waals surface area contributed by atoms with Gasteiger partial charge in [0, 0.05) is 11.5 Å². The molecule has 0 fully saturated rings. The second kappa shape index (κ2) is 10.1. The van der Waals surface area contributed by atoms with Crippen molar-refractivity contribution in [1.82, 2.24) is 40.4 Å². The van der Waals surface area contributed by atoms with Gasteiger partial charge >= 0.3 is 0 Å². The molecule has 184 valence electrons. The van der Waals surface area contributed by atoms with Gasteiger partial charge in [0.1, 0.15) is 11.3 Å². The van der Waals surface area contributed by atoms with Crippen LogP contribution < -0.4 is 9.47 Å². The van der Waals surface area contributed by atoms with Gasteiger partial charge in [0.05, 0.1) is 19.8 Å². The summed E-state index contributed by atoms with van der Waals surface area (Å²) in [6.07, 6.45) is 0. The lowest BCUT2D eigenvalue weighted by Gasteiger charge is -2.17. The Morgan fingerprint density at radius 3 is 2.19 bits per heavy atom. The molecule has 0 saturated heterocycles. The maximum absolute atomic E-state index is 5.89. The summed E-state index contributed by atoms with van der Waals surface area (Å²) in [5.41, 5.74) is 5.53. The first-order valence-electron chi connectivity index (χ1n) is 12.1. The van der Waals surface area contributed by atoms with Crippen molar-refractivity contribution in [3.63, 3.8) is 0 Å². The van der Waals surface area contributed by atoms with Gasteiger partial charge in [0.25, 0.3) is 11.8 Å². The molecule has 3 aromatic heterocycles. The van der Waals surface area contributed by atoms with Crippen LogP contribution in [-0.4, -0.2) is 53.6 Å². The van der Waals surface area contributed by atoms with E-state index in [0.29, 0.717) is 42.9 Å². The number of tetrazole rings is 1. The first-order chi connectivity index (χ1) is 17.6. The SMILES string of the molecule is CCOc1nnc(OCC)c2c1nc(C(C)C)n2Cc1ccccc1-c1ccccc1-c1nn[nH]n1. The summed E-state index contributed by atoms with van der Waals surface area (Å²) in [6.45, 7) is 9.58. The van der Waals surface area contributed by atoms with E-state index in [9.17, 15) is 0 Å². The molecule has 2 aromatic carbocycles. The third kappa shape index (κ3) is 4.26. The molecular formula is C26H28N8O2. The molecule has 3 heterocycles. The molecule has 10 nitrogen and oxygen atoms in total. The highest BCUT2D eigenvalue weighted by molar-refractivity contribution is 5.86. The summed E-state index contributed by atoms with van der Waals surface area (Å²) in [5, 5.41) is 23.3. The van der Waals surface area contributed by atoms with E-state index in [1.165, 1.54) is 0 Å². The highest BCUT2D eigenvalue weighted by atomic mass is 16.5. The van der Waals surface area contributed by atoms with Crippen LogP contribution in [0.1, 0.15) is 45.0 Å². The van der Waals surface area contributed by atoms with Gasteiger partial charge in [-0.05, 0) is 35.8 Å². The minimum Gasteiger partial charge on any atom is -0.475 e. The summed E-state index contributed by atoms with van der Waals surface area (Å²) in [5.74, 6) is 2.46. The van der Waals surface area contributed by atoms with Gasteiger partial charge in [-0.25, -0.2) is 4.98 Å². The highest BCUT2D eigenvalue weighted by Crippen LogP contribution is 2.36. The van der Waals surface area contributed by atoms with Gasteiger partial charge in [-0.15, -0.1) is 20.4 Å². The second-order valence-corrected chi connectivity index (χ2v) is 8.52. The molecular weight excluding hydrogens is 456 g/mol. The minimum absolute atomic E-state index is 0.153. The van der Waals surface area contributed by atoms with Crippen molar-refractivity contribution in [1.29, 1.82) is 0 Å². The molecule has 0 aliphatic rings. The lowest BCUT2D eigenvalue weighted by atomic mass is 9.95. The van der Waals surface area contributed by atoms with Crippen LogP contribution in [0.15, 0.2) is 48.5 Å². The van der Waals surface area contributed by atoms with Crippen molar-refractivity contribution in [2.24, 2.45) is 0 Å². The number of ether oxygens (including phenoxy) is 2. The number of H-pyrrole nitrogens is 1. The van der Waals surface area contributed by atoms with Gasteiger partial charge in [-0.3, -0.25) is 0 Å². The van der Waals surface area contributed by atoms with Crippen molar-refractivity contribution in [3.05, 3.63) is 59.9 Å². The van der Waals surface area contributed by atoms with E-state index in [-0.39, 0.29) is 5.92 Å². The molecule has 0 radical (unpaired) electrons. The standard InChI is InChI=1S/C26H28N8O2/c1-5-35-25-21-22(26(31-30-25)36-6-2)34(24(27-21)16(3)4)15-17-11-7-8-12-18(17)19-13-9-10-14-20(19)23-28-32-33-29-23/h7-14,16H,5-6,15H2,1-4H3,(H,28,29,32,33). The van der Waals surface area contributed by atoms with Crippen LogP contribution in [0.3, 0.4) is 0 Å². The van der Waals surface area contributed by atoms with Crippen molar-refractivity contribution in [3.8, 4) is 34.3 Å². The van der Waals surface area contributed by atoms with E-state index < -0.39 is 0 Å². The highest BCUT2D eigenvalue weighted by Gasteiger charge is 2.24. The van der Waals surface area contributed by atoms with Crippen molar-refractivity contribution in [2.75, 3.05) is 13.2 Å². The smallest absolute Gasteiger partial charge is 0.262 e. The maximum atomic E-state index is 5.89. The van der Waals surface area contributed by atoms with E-state index >= 15 is 0 Å². The summed E-state index contributed by atoms with van der Waals surface area (Å²) in [7, 11) is 0. The molecule has 1 N–H and O–H groups in total. The largest absolute Gasteiger partial charge is 0.475 e. The predicted molar refractivity (Wildman–Crippen MR) is 136 cm³/mol. The van der Waals surface area contributed by atoms with Crippen LogP contribution in [-0.2, 0) is 6.54 Å². The number of hydrogen-bond donors (Lipinski definition) is 1. The van der Waals surface area contributed by atoms with Gasteiger partial charge in [-0.2, -0.15) is 5.21 Å². The maximum Gasteiger partial charge on any atom is 0.262 e. The minimum atomic E-state index is 0.153.